The number of benzene rings is 2. The molecule has 0 saturated carbocycles. The number of rotatable bonds is 1. The fraction of sp³-hybridized carbons (Fsp3) is 0.458. The van der Waals surface area contributed by atoms with Crippen molar-refractivity contribution in [2.24, 2.45) is 0 Å². The Morgan fingerprint density at radius 1 is 1.00 bits per heavy atom. The smallest absolute Gasteiger partial charge is 0.342 e. The van der Waals surface area contributed by atoms with E-state index in [2.05, 4.69) is 0 Å². The van der Waals surface area contributed by atoms with Gasteiger partial charge in [-0.15, -0.1) is 6.54 Å². The van der Waals surface area contributed by atoms with E-state index < -0.39 is 22.9 Å². The summed E-state index contributed by atoms with van der Waals surface area (Å²) in [7, 11) is 0. The van der Waals surface area contributed by atoms with Gasteiger partial charge in [-0.2, -0.15) is 0 Å². The van der Waals surface area contributed by atoms with Gasteiger partial charge in [0.2, 0.25) is 6.79 Å². The number of nitrogens with zero attached hydrogens (tertiary/aromatic N) is 1. The third-order valence-corrected chi connectivity index (χ3v) is 7.49. The van der Waals surface area contributed by atoms with Crippen molar-refractivity contribution in [2.75, 3.05) is 13.3 Å². The predicted molar refractivity (Wildman–Crippen MR) is 110 cm³/mol. The molecule has 0 unspecified atom stereocenters. The topological polar surface area (TPSA) is 58.9 Å². The number of halogens is 1. The fourth-order valence-electron chi connectivity index (χ4n) is 5.55. The molecule has 5 nitrogen and oxygen atoms in total. The number of ether oxygens (including phenoxy) is 3. The fourth-order valence-corrected chi connectivity index (χ4v) is 5.55. The minimum atomic E-state index is -1.14. The predicted octanol–water partition coefficient (Wildman–Crippen LogP) is 5.02. The van der Waals surface area contributed by atoms with Gasteiger partial charge >= 0.3 is 5.97 Å². The molecule has 31 heavy (non-hydrogen) atoms. The minimum Gasteiger partial charge on any atom is -0.649 e. The zero-order valence-corrected chi connectivity index (χ0v) is 21.6. The number of esters is 1. The molecule has 0 fully saturated rings. The van der Waals surface area contributed by atoms with Crippen LogP contribution >= 0.6 is 0 Å². The van der Waals surface area contributed by atoms with E-state index in [0.29, 0.717) is 23.4 Å². The van der Waals surface area contributed by atoms with Crippen LogP contribution in [-0.2, 0) is 55.0 Å². The summed E-state index contributed by atoms with van der Waals surface area (Å²) in [6, 6.07) is 2.01. The van der Waals surface area contributed by atoms with Crippen LogP contribution in [-0.4, -0.2) is 19.3 Å². The Balaban J connectivity index is 0.00000231. The molecule has 0 saturated heterocycles. The standard InChI is InChI=1S/C24H25FNO4.Y/c1-11-12(2)19-17(20(25)13(11)3)22(27)30-24(19,6)23(5)18-14(4)21-16(28-10-29-21)9-15(18)7-8-26-23;/h9H,7-8,10H2,1-6H3;/q-1;/t23-,24+;/m1./s1. The normalized spacial score (nSPS) is 25.6. The minimum absolute atomic E-state index is 0. The van der Waals surface area contributed by atoms with Crippen LogP contribution in [0.15, 0.2) is 6.07 Å². The molecule has 2 atom stereocenters. The van der Waals surface area contributed by atoms with Crippen LogP contribution in [0.5, 0.6) is 11.5 Å². The monoisotopic (exact) mass is 499 g/mol. The van der Waals surface area contributed by atoms with Crippen molar-refractivity contribution >= 4 is 5.97 Å². The average molecular weight is 499 g/mol. The first kappa shape index (κ1) is 22.7. The van der Waals surface area contributed by atoms with Gasteiger partial charge in [0, 0.05) is 38.3 Å². The van der Waals surface area contributed by atoms with Crippen molar-refractivity contribution in [1.29, 1.82) is 0 Å². The Hall–Kier alpha value is -1.50. The third kappa shape index (κ3) is 2.74. The Labute approximate surface area is 206 Å². The third-order valence-electron chi connectivity index (χ3n) is 7.49. The summed E-state index contributed by atoms with van der Waals surface area (Å²) in [6.45, 7) is 12.1. The van der Waals surface area contributed by atoms with E-state index in [4.69, 9.17) is 19.5 Å². The number of fused-ring (bicyclic) bond motifs is 3. The Bertz CT molecular complexity index is 1150. The second-order valence-corrected chi connectivity index (χ2v) is 8.84. The first-order valence-corrected chi connectivity index (χ1v) is 10.3. The van der Waals surface area contributed by atoms with Crippen molar-refractivity contribution in [3.63, 3.8) is 0 Å². The van der Waals surface area contributed by atoms with Crippen LogP contribution in [0.4, 0.5) is 4.39 Å². The van der Waals surface area contributed by atoms with Gasteiger partial charge in [0.25, 0.3) is 0 Å². The molecule has 161 valence electrons. The van der Waals surface area contributed by atoms with Crippen LogP contribution < -0.4 is 9.47 Å². The van der Waals surface area contributed by atoms with Crippen molar-refractivity contribution < 1.29 is 56.1 Å². The second kappa shape index (κ2) is 7.26. The zero-order chi connectivity index (χ0) is 21.6. The second-order valence-electron chi connectivity index (χ2n) is 8.84. The molecule has 0 spiro atoms. The van der Waals surface area contributed by atoms with Gasteiger partial charge in [0.1, 0.15) is 17.0 Å². The van der Waals surface area contributed by atoms with Gasteiger partial charge in [-0.25, -0.2) is 9.18 Å². The molecule has 0 N–H and O–H groups in total. The largest absolute Gasteiger partial charge is 0.649 e. The van der Waals surface area contributed by atoms with Crippen molar-refractivity contribution in [2.45, 2.75) is 59.1 Å². The molecule has 3 aliphatic heterocycles. The Morgan fingerprint density at radius 2 is 1.71 bits per heavy atom. The number of hydrogen-bond donors (Lipinski definition) is 0. The molecule has 3 aliphatic rings. The van der Waals surface area contributed by atoms with Crippen molar-refractivity contribution in [1.82, 2.24) is 0 Å². The molecule has 5 rings (SSSR count). The molecule has 2 aromatic carbocycles. The van der Waals surface area contributed by atoms with Crippen LogP contribution in [0.2, 0.25) is 0 Å². The first-order valence-electron chi connectivity index (χ1n) is 10.3. The molecule has 3 heterocycles. The summed E-state index contributed by atoms with van der Waals surface area (Å²) in [5, 5.41) is 5.00. The van der Waals surface area contributed by atoms with E-state index in [1.54, 1.807) is 6.92 Å². The molecular formula is C24H25FNO4Y-. The van der Waals surface area contributed by atoms with E-state index >= 15 is 4.39 Å². The SMILES string of the molecule is Cc1c(C)c(F)c2c(c1C)[C@@](C)([C@]1(C)[N-]CCc3cc4c(c(C)c31)OCO4)OC2=O.[Y]. The maximum absolute atomic E-state index is 15.2. The molecule has 1 radical (unpaired) electrons. The number of carbonyl (C=O) groups excluding carboxylic acids is 1. The van der Waals surface area contributed by atoms with Crippen molar-refractivity contribution in [3.05, 3.63) is 61.7 Å². The molecule has 7 heteroatoms. The quantitative estimate of drug-likeness (QED) is 0.518. The summed E-state index contributed by atoms with van der Waals surface area (Å²) in [5.41, 5.74) is 3.79. The van der Waals surface area contributed by atoms with Gasteiger partial charge in [0.05, 0.1) is 0 Å². The Morgan fingerprint density at radius 3 is 2.42 bits per heavy atom. The van der Waals surface area contributed by atoms with Gasteiger partial charge in [-0.05, 0) is 80.5 Å². The summed E-state index contributed by atoms with van der Waals surface area (Å²) in [6.07, 6.45) is 0.763. The maximum Gasteiger partial charge on any atom is 0.342 e. The van der Waals surface area contributed by atoms with Gasteiger partial charge in [0.15, 0.2) is 11.5 Å². The summed E-state index contributed by atoms with van der Waals surface area (Å²) in [4.78, 5) is 12.9. The molecule has 0 aliphatic carbocycles. The number of cyclic esters (lactones) is 1. The van der Waals surface area contributed by atoms with Crippen LogP contribution in [0.25, 0.3) is 5.32 Å². The van der Waals surface area contributed by atoms with Crippen molar-refractivity contribution in [3.8, 4) is 11.5 Å². The summed E-state index contributed by atoms with van der Waals surface area (Å²) >= 11 is 0. The summed E-state index contributed by atoms with van der Waals surface area (Å²) < 4.78 is 32.6. The zero-order valence-electron chi connectivity index (χ0n) is 18.7. The van der Waals surface area contributed by atoms with Crippen LogP contribution in [0.1, 0.15) is 63.1 Å². The maximum atomic E-state index is 15.2. The van der Waals surface area contributed by atoms with Gasteiger partial charge < -0.3 is 19.5 Å². The first-order chi connectivity index (χ1) is 14.1. The number of hydrogen-bond acceptors (Lipinski definition) is 4. The van der Waals surface area contributed by atoms with Crippen LogP contribution in [0.3, 0.4) is 0 Å². The van der Waals surface area contributed by atoms with E-state index in [1.165, 1.54) is 0 Å². The molecule has 0 amide bonds. The molecule has 0 aromatic heterocycles. The van der Waals surface area contributed by atoms with Gasteiger partial charge in [-0.3, -0.25) is 0 Å². The van der Waals surface area contributed by atoms with E-state index in [-0.39, 0.29) is 45.1 Å². The van der Waals surface area contributed by atoms with E-state index in [1.807, 2.05) is 40.7 Å². The Kier molecular flexibility index (Phi) is 5.31. The molecular weight excluding hydrogens is 474 g/mol. The molecule has 0 bridgehead atoms. The molecule has 2 aromatic rings. The van der Waals surface area contributed by atoms with Gasteiger partial charge in [-0.1, -0.05) is 12.5 Å². The average Bonchev–Trinajstić information content (AvgIpc) is 3.27. The van der Waals surface area contributed by atoms with E-state index in [0.717, 1.165) is 40.0 Å². The summed E-state index contributed by atoms with van der Waals surface area (Å²) in [5.74, 6) is 0.313. The van der Waals surface area contributed by atoms with Crippen LogP contribution in [0, 0.1) is 33.5 Å². The van der Waals surface area contributed by atoms with E-state index in [9.17, 15) is 4.79 Å². The number of carbonyl (C=O) groups is 1.